The lowest BCUT2D eigenvalue weighted by atomic mass is 9.81. The molecule has 1 atom stereocenters. The number of fused-ring (bicyclic) bond motifs is 2. The molecule has 3 N–H and O–H groups in total. The van der Waals surface area contributed by atoms with Crippen LogP contribution in [0.15, 0.2) is 47.5 Å². The summed E-state index contributed by atoms with van der Waals surface area (Å²) >= 11 is 1.53. The number of ether oxygens (including phenoxy) is 1. The van der Waals surface area contributed by atoms with Crippen molar-refractivity contribution in [2.75, 3.05) is 18.2 Å². The molecule has 8 heteroatoms. The Bertz CT molecular complexity index is 1180. The molecule has 1 amide bonds. The summed E-state index contributed by atoms with van der Waals surface area (Å²) in [6.45, 7) is 0.691. The molecule has 7 nitrogen and oxygen atoms in total. The zero-order valence-electron chi connectivity index (χ0n) is 19.3. The van der Waals surface area contributed by atoms with Crippen molar-refractivity contribution in [3.63, 3.8) is 0 Å². The monoisotopic (exact) mass is 478 g/mol. The van der Waals surface area contributed by atoms with Gasteiger partial charge in [-0.15, -0.1) is 11.8 Å². The Balaban J connectivity index is 1.14. The number of nitrogens with zero attached hydrogens (tertiary/aromatic N) is 2. The first kappa shape index (κ1) is 23.1. The van der Waals surface area contributed by atoms with Crippen molar-refractivity contribution in [3.05, 3.63) is 53.9 Å². The standard InChI is InChI=1S/C26H30N4O3S/c1-33-19-12-21-20(3-2-4-22(21)28-14-19)23(31)11-16-5-7-17(8-6-16)27-13-18-9-10-24-26(29-18)30-25(32)15-34-24/h2-4,9-10,12,14,16-17,23,27,31H,5-8,11,13,15H2,1H3,(H,29,30,32). The van der Waals surface area contributed by atoms with Gasteiger partial charge in [0.15, 0.2) is 0 Å². The molecule has 1 aromatic carbocycles. The zero-order valence-corrected chi connectivity index (χ0v) is 20.1. The Hall–Kier alpha value is -2.68. The number of aromatic nitrogens is 2. The second-order valence-corrected chi connectivity index (χ2v) is 10.1. The molecule has 5 rings (SSSR count). The number of benzene rings is 1. The third kappa shape index (κ3) is 5.19. The summed E-state index contributed by atoms with van der Waals surface area (Å²) in [7, 11) is 1.63. The number of carbonyl (C=O) groups is 1. The Kier molecular flexibility index (Phi) is 6.99. The third-order valence-corrected chi connectivity index (χ3v) is 7.88. The molecule has 1 saturated carbocycles. The van der Waals surface area contributed by atoms with Gasteiger partial charge < -0.3 is 20.5 Å². The Labute approximate surface area is 203 Å². The number of amides is 1. The van der Waals surface area contributed by atoms with Gasteiger partial charge in [-0.2, -0.15) is 0 Å². The van der Waals surface area contributed by atoms with E-state index in [-0.39, 0.29) is 5.91 Å². The number of thioether (sulfide) groups is 1. The van der Waals surface area contributed by atoms with E-state index in [0.29, 0.717) is 35.8 Å². The summed E-state index contributed by atoms with van der Waals surface area (Å²) in [4.78, 5) is 21.7. The molecule has 1 aliphatic heterocycles. The summed E-state index contributed by atoms with van der Waals surface area (Å²) in [6.07, 6.45) is 6.30. The fourth-order valence-electron chi connectivity index (χ4n) is 4.95. The predicted molar refractivity (Wildman–Crippen MR) is 134 cm³/mol. The molecule has 3 aromatic rings. The lowest BCUT2D eigenvalue weighted by molar-refractivity contribution is -0.113. The van der Waals surface area contributed by atoms with E-state index in [1.165, 1.54) is 11.8 Å². The van der Waals surface area contributed by atoms with E-state index in [0.717, 1.165) is 59.2 Å². The minimum Gasteiger partial charge on any atom is -0.495 e. The number of carbonyl (C=O) groups excluding carboxylic acids is 1. The molecule has 0 bridgehead atoms. The highest BCUT2D eigenvalue weighted by Crippen LogP contribution is 2.35. The highest BCUT2D eigenvalue weighted by atomic mass is 32.2. The molecule has 34 heavy (non-hydrogen) atoms. The van der Waals surface area contributed by atoms with Crippen LogP contribution in [-0.4, -0.2) is 39.9 Å². The van der Waals surface area contributed by atoms with E-state index in [9.17, 15) is 9.90 Å². The van der Waals surface area contributed by atoms with Crippen LogP contribution >= 0.6 is 11.8 Å². The minimum atomic E-state index is -0.514. The van der Waals surface area contributed by atoms with Gasteiger partial charge in [0.25, 0.3) is 0 Å². The van der Waals surface area contributed by atoms with Gasteiger partial charge in [0.1, 0.15) is 11.6 Å². The Morgan fingerprint density at radius 2 is 2.09 bits per heavy atom. The molecule has 3 heterocycles. The van der Waals surface area contributed by atoms with Gasteiger partial charge in [-0.25, -0.2) is 4.98 Å². The van der Waals surface area contributed by atoms with Crippen LogP contribution in [0.5, 0.6) is 5.75 Å². The van der Waals surface area contributed by atoms with Crippen molar-refractivity contribution in [3.8, 4) is 5.75 Å². The van der Waals surface area contributed by atoms with Crippen molar-refractivity contribution >= 4 is 34.4 Å². The summed E-state index contributed by atoms with van der Waals surface area (Å²) in [5.74, 6) is 2.34. The number of methoxy groups -OCH3 is 1. The maximum atomic E-state index is 11.6. The van der Waals surface area contributed by atoms with Crippen molar-refractivity contribution in [1.29, 1.82) is 0 Å². The molecule has 0 radical (unpaired) electrons. The van der Waals surface area contributed by atoms with E-state index in [2.05, 4.69) is 20.6 Å². The highest BCUT2D eigenvalue weighted by Gasteiger charge is 2.25. The second kappa shape index (κ2) is 10.3. The predicted octanol–water partition coefficient (Wildman–Crippen LogP) is 4.45. The first-order valence-electron chi connectivity index (χ1n) is 11.9. The molecule has 1 unspecified atom stereocenters. The van der Waals surface area contributed by atoms with Crippen molar-refractivity contribution in [2.24, 2.45) is 5.92 Å². The lowest BCUT2D eigenvalue weighted by Crippen LogP contribution is -2.33. The van der Waals surface area contributed by atoms with Crippen molar-refractivity contribution in [2.45, 2.75) is 55.7 Å². The first-order valence-corrected chi connectivity index (χ1v) is 12.8. The molecular formula is C26H30N4O3S. The van der Waals surface area contributed by atoms with Crippen LogP contribution < -0.4 is 15.4 Å². The fourth-order valence-corrected chi connectivity index (χ4v) is 5.71. The molecule has 1 aliphatic carbocycles. The largest absolute Gasteiger partial charge is 0.495 e. The average molecular weight is 479 g/mol. The molecule has 1 fully saturated rings. The number of aliphatic hydroxyl groups is 1. The highest BCUT2D eigenvalue weighted by molar-refractivity contribution is 8.00. The number of anilines is 1. The van der Waals surface area contributed by atoms with Gasteiger partial charge in [-0.05, 0) is 67.9 Å². The minimum absolute atomic E-state index is 0.00881. The van der Waals surface area contributed by atoms with Crippen LogP contribution in [0.25, 0.3) is 10.9 Å². The molecule has 2 aliphatic rings. The van der Waals surface area contributed by atoms with E-state index in [1.54, 1.807) is 13.3 Å². The second-order valence-electron chi connectivity index (χ2n) is 9.13. The topological polar surface area (TPSA) is 96.4 Å². The summed E-state index contributed by atoms with van der Waals surface area (Å²) in [5.41, 5.74) is 2.74. The van der Waals surface area contributed by atoms with Crippen LogP contribution in [0, 0.1) is 5.92 Å². The van der Waals surface area contributed by atoms with E-state index >= 15 is 0 Å². The van der Waals surface area contributed by atoms with Crippen LogP contribution in [0.1, 0.15) is 49.5 Å². The van der Waals surface area contributed by atoms with E-state index in [4.69, 9.17) is 4.74 Å². The summed E-state index contributed by atoms with van der Waals surface area (Å²) < 4.78 is 5.33. The van der Waals surface area contributed by atoms with Gasteiger partial charge in [0.2, 0.25) is 5.91 Å². The van der Waals surface area contributed by atoms with Gasteiger partial charge in [0.05, 0.1) is 41.3 Å². The number of rotatable bonds is 7. The Morgan fingerprint density at radius 3 is 2.91 bits per heavy atom. The smallest absolute Gasteiger partial charge is 0.235 e. The van der Waals surface area contributed by atoms with Crippen LogP contribution in [0.4, 0.5) is 5.82 Å². The Morgan fingerprint density at radius 1 is 1.24 bits per heavy atom. The maximum absolute atomic E-state index is 11.6. The van der Waals surface area contributed by atoms with Crippen molar-refractivity contribution in [1.82, 2.24) is 15.3 Å². The quantitative estimate of drug-likeness (QED) is 0.461. The van der Waals surface area contributed by atoms with Crippen molar-refractivity contribution < 1.29 is 14.6 Å². The van der Waals surface area contributed by atoms with Gasteiger partial charge in [-0.3, -0.25) is 9.78 Å². The number of aliphatic hydroxyl groups excluding tert-OH is 1. The van der Waals surface area contributed by atoms with E-state index in [1.807, 2.05) is 36.4 Å². The third-order valence-electron chi connectivity index (χ3n) is 6.84. The average Bonchev–Trinajstić information content (AvgIpc) is 2.87. The number of hydrogen-bond acceptors (Lipinski definition) is 7. The first-order chi connectivity index (χ1) is 16.6. The van der Waals surface area contributed by atoms with E-state index < -0.39 is 6.10 Å². The van der Waals surface area contributed by atoms with Crippen LogP contribution in [0.3, 0.4) is 0 Å². The normalized spacial score (nSPS) is 21.1. The number of pyridine rings is 2. The molecule has 0 saturated heterocycles. The summed E-state index contributed by atoms with van der Waals surface area (Å²) in [6, 6.07) is 12.4. The fraction of sp³-hybridized carbons (Fsp3) is 0.423. The van der Waals surface area contributed by atoms with Gasteiger partial charge >= 0.3 is 0 Å². The number of hydrogen-bond donors (Lipinski definition) is 3. The summed E-state index contributed by atoms with van der Waals surface area (Å²) in [5, 5.41) is 18.5. The molecule has 0 spiro atoms. The van der Waals surface area contributed by atoms with Crippen LogP contribution in [-0.2, 0) is 11.3 Å². The molecular weight excluding hydrogens is 448 g/mol. The SMILES string of the molecule is COc1cnc2cccc(C(O)CC3CCC(NCc4ccc5c(n4)NC(=O)CS5)CC3)c2c1. The zero-order chi connectivity index (χ0) is 23.5. The number of nitrogens with one attached hydrogen (secondary N) is 2. The van der Waals surface area contributed by atoms with Gasteiger partial charge in [-0.1, -0.05) is 12.1 Å². The molecule has 178 valence electrons. The molecule has 2 aromatic heterocycles. The van der Waals surface area contributed by atoms with Gasteiger partial charge in [0, 0.05) is 18.0 Å². The lowest BCUT2D eigenvalue weighted by Gasteiger charge is -2.30. The van der Waals surface area contributed by atoms with Crippen LogP contribution in [0.2, 0.25) is 0 Å². The maximum Gasteiger partial charge on any atom is 0.235 e.